The third-order valence-electron chi connectivity index (χ3n) is 4.32. The molecule has 1 amide bonds. The molecule has 2 heterocycles. The second-order valence-electron chi connectivity index (χ2n) is 6.32. The molecule has 4 rings (SSSR count). The molecule has 2 aromatic heterocycles. The number of ether oxygens (including phenoxy) is 1. The van der Waals surface area contributed by atoms with E-state index in [2.05, 4.69) is 10.3 Å². The molecule has 1 aliphatic carbocycles. The first kappa shape index (κ1) is 15.8. The smallest absolute Gasteiger partial charge is 0.252 e. The molecular formula is C20H20N2O3. The zero-order chi connectivity index (χ0) is 17.1. The zero-order valence-corrected chi connectivity index (χ0v) is 13.9. The van der Waals surface area contributed by atoms with Gasteiger partial charge in [0.25, 0.3) is 5.91 Å². The fraction of sp³-hybridized carbons (Fsp3) is 0.300. The van der Waals surface area contributed by atoms with Crippen LogP contribution in [0, 0.1) is 5.92 Å². The number of furan rings is 1. The quantitative estimate of drug-likeness (QED) is 0.669. The molecule has 25 heavy (non-hydrogen) atoms. The topological polar surface area (TPSA) is 64.4 Å². The van der Waals surface area contributed by atoms with Gasteiger partial charge in [0.05, 0.1) is 24.0 Å². The lowest BCUT2D eigenvalue weighted by molar-refractivity contribution is 0.0908. The van der Waals surface area contributed by atoms with Crippen LogP contribution in [0.15, 0.2) is 53.1 Å². The van der Waals surface area contributed by atoms with Crippen LogP contribution in [0.4, 0.5) is 0 Å². The summed E-state index contributed by atoms with van der Waals surface area (Å²) in [4.78, 5) is 17.3. The second kappa shape index (κ2) is 7.07. The number of carbonyl (C=O) groups excluding carboxylic acids is 1. The number of pyridine rings is 1. The zero-order valence-electron chi connectivity index (χ0n) is 13.9. The highest BCUT2D eigenvalue weighted by Gasteiger charge is 2.21. The van der Waals surface area contributed by atoms with Gasteiger partial charge >= 0.3 is 0 Å². The highest BCUT2D eigenvalue weighted by molar-refractivity contribution is 6.07. The van der Waals surface area contributed by atoms with Gasteiger partial charge in [0.2, 0.25) is 0 Å². The first-order valence-corrected chi connectivity index (χ1v) is 8.61. The van der Waals surface area contributed by atoms with Crippen molar-refractivity contribution in [2.45, 2.75) is 12.8 Å². The molecule has 128 valence electrons. The van der Waals surface area contributed by atoms with Gasteiger partial charge in [-0.25, -0.2) is 4.98 Å². The van der Waals surface area contributed by atoms with Gasteiger partial charge in [0.15, 0.2) is 5.76 Å². The van der Waals surface area contributed by atoms with Crippen molar-refractivity contribution >= 4 is 16.8 Å². The van der Waals surface area contributed by atoms with E-state index in [1.54, 1.807) is 12.3 Å². The summed E-state index contributed by atoms with van der Waals surface area (Å²) >= 11 is 0. The number of rotatable bonds is 7. The van der Waals surface area contributed by atoms with E-state index < -0.39 is 0 Å². The number of aromatic nitrogens is 1. The van der Waals surface area contributed by atoms with Crippen molar-refractivity contribution < 1.29 is 13.9 Å². The van der Waals surface area contributed by atoms with Gasteiger partial charge in [0, 0.05) is 18.5 Å². The molecule has 0 saturated heterocycles. The number of hydrogen-bond acceptors (Lipinski definition) is 4. The molecule has 0 bridgehead atoms. The van der Waals surface area contributed by atoms with Crippen molar-refractivity contribution in [1.29, 1.82) is 0 Å². The van der Waals surface area contributed by atoms with Crippen LogP contribution >= 0.6 is 0 Å². The van der Waals surface area contributed by atoms with E-state index in [9.17, 15) is 4.79 Å². The number of fused-ring (bicyclic) bond motifs is 1. The molecule has 0 unspecified atom stereocenters. The highest BCUT2D eigenvalue weighted by Crippen LogP contribution is 2.28. The summed E-state index contributed by atoms with van der Waals surface area (Å²) in [7, 11) is 0. The molecule has 0 atom stereocenters. The molecule has 3 aromatic rings. The third-order valence-corrected chi connectivity index (χ3v) is 4.32. The van der Waals surface area contributed by atoms with Crippen LogP contribution in [0.25, 0.3) is 22.4 Å². The molecule has 0 spiro atoms. The normalized spacial score (nSPS) is 13.9. The summed E-state index contributed by atoms with van der Waals surface area (Å²) in [6.45, 7) is 1.84. The van der Waals surface area contributed by atoms with E-state index in [0.717, 1.165) is 23.4 Å². The van der Waals surface area contributed by atoms with Gasteiger partial charge < -0.3 is 14.5 Å². The van der Waals surface area contributed by atoms with Crippen molar-refractivity contribution in [2.75, 3.05) is 19.8 Å². The van der Waals surface area contributed by atoms with E-state index in [0.29, 0.717) is 30.2 Å². The molecule has 1 fully saturated rings. The molecule has 1 saturated carbocycles. The Hall–Kier alpha value is -2.66. The van der Waals surface area contributed by atoms with Crippen LogP contribution in [0.2, 0.25) is 0 Å². The summed E-state index contributed by atoms with van der Waals surface area (Å²) in [6.07, 6.45) is 4.14. The van der Waals surface area contributed by atoms with Gasteiger partial charge in [-0.1, -0.05) is 18.2 Å². The molecule has 1 N–H and O–H groups in total. The van der Waals surface area contributed by atoms with E-state index in [-0.39, 0.29) is 5.91 Å². The summed E-state index contributed by atoms with van der Waals surface area (Å²) in [5, 5.41) is 3.76. The lowest BCUT2D eigenvalue weighted by Gasteiger charge is -2.10. The average Bonchev–Trinajstić information content (AvgIpc) is 3.30. The van der Waals surface area contributed by atoms with Gasteiger partial charge in [-0.2, -0.15) is 0 Å². The average molecular weight is 336 g/mol. The molecule has 5 heteroatoms. The van der Waals surface area contributed by atoms with Crippen LogP contribution in [0.5, 0.6) is 0 Å². The molecule has 1 aliphatic rings. The predicted molar refractivity (Wildman–Crippen MR) is 95.3 cm³/mol. The highest BCUT2D eigenvalue weighted by atomic mass is 16.5. The second-order valence-corrected chi connectivity index (χ2v) is 6.32. The van der Waals surface area contributed by atoms with E-state index >= 15 is 0 Å². The van der Waals surface area contributed by atoms with Crippen LogP contribution < -0.4 is 5.32 Å². The summed E-state index contributed by atoms with van der Waals surface area (Å²) in [5.41, 5.74) is 2.02. The number of hydrogen-bond donors (Lipinski definition) is 1. The Labute approximate surface area is 146 Å². The Kier molecular flexibility index (Phi) is 4.48. The first-order valence-electron chi connectivity index (χ1n) is 8.61. The fourth-order valence-corrected chi connectivity index (χ4v) is 2.78. The number of benzene rings is 1. The van der Waals surface area contributed by atoms with Crippen molar-refractivity contribution in [1.82, 2.24) is 10.3 Å². The van der Waals surface area contributed by atoms with Gasteiger partial charge in [0.1, 0.15) is 5.69 Å². The van der Waals surface area contributed by atoms with Crippen LogP contribution in [0.3, 0.4) is 0 Å². The van der Waals surface area contributed by atoms with Crippen LogP contribution in [-0.2, 0) is 4.74 Å². The van der Waals surface area contributed by atoms with Crippen molar-refractivity contribution in [3.05, 3.63) is 54.3 Å². The maximum absolute atomic E-state index is 12.7. The maximum Gasteiger partial charge on any atom is 0.252 e. The number of nitrogens with one attached hydrogen (secondary N) is 1. The minimum Gasteiger partial charge on any atom is -0.463 e. The minimum atomic E-state index is -0.124. The van der Waals surface area contributed by atoms with Crippen LogP contribution in [0.1, 0.15) is 23.2 Å². The summed E-state index contributed by atoms with van der Waals surface area (Å²) < 4.78 is 11.0. The van der Waals surface area contributed by atoms with Crippen molar-refractivity contribution in [2.24, 2.45) is 5.92 Å². The Balaban J connectivity index is 1.53. The van der Waals surface area contributed by atoms with Gasteiger partial charge in [-0.05, 0) is 43.0 Å². The predicted octanol–water partition coefficient (Wildman–Crippen LogP) is 3.65. The Morgan fingerprint density at radius 1 is 1.24 bits per heavy atom. The molecule has 5 nitrogen and oxygen atoms in total. The molecule has 1 aromatic carbocycles. The summed E-state index contributed by atoms with van der Waals surface area (Å²) in [6, 6.07) is 13.1. The fourth-order valence-electron chi connectivity index (χ4n) is 2.78. The molecule has 0 radical (unpaired) electrons. The molecule has 0 aliphatic heterocycles. The van der Waals surface area contributed by atoms with E-state index in [4.69, 9.17) is 9.15 Å². The van der Waals surface area contributed by atoms with E-state index in [1.807, 2.05) is 36.4 Å². The van der Waals surface area contributed by atoms with Crippen molar-refractivity contribution in [3.8, 4) is 11.5 Å². The Morgan fingerprint density at radius 2 is 2.12 bits per heavy atom. The summed E-state index contributed by atoms with van der Waals surface area (Å²) in [5.74, 6) is 1.25. The first-order chi connectivity index (χ1) is 12.3. The lowest BCUT2D eigenvalue weighted by atomic mass is 10.1. The number of carbonyl (C=O) groups is 1. The number of para-hydroxylation sites is 1. The maximum atomic E-state index is 12.7. The minimum absolute atomic E-state index is 0.124. The lowest BCUT2D eigenvalue weighted by Crippen LogP contribution is -2.27. The largest absolute Gasteiger partial charge is 0.463 e. The van der Waals surface area contributed by atoms with Gasteiger partial charge in [-0.15, -0.1) is 0 Å². The van der Waals surface area contributed by atoms with E-state index in [1.165, 1.54) is 12.8 Å². The Morgan fingerprint density at radius 3 is 2.92 bits per heavy atom. The number of amides is 1. The number of nitrogens with zero attached hydrogens (tertiary/aromatic N) is 1. The van der Waals surface area contributed by atoms with Crippen LogP contribution in [-0.4, -0.2) is 30.6 Å². The van der Waals surface area contributed by atoms with Crippen molar-refractivity contribution in [3.63, 3.8) is 0 Å². The SMILES string of the molecule is O=C(NCCOCC1CC1)c1cc(-c2ccco2)nc2ccccc12. The van der Waals surface area contributed by atoms with Gasteiger partial charge in [-0.3, -0.25) is 4.79 Å². The Bertz CT molecular complexity index is 870. The standard InChI is InChI=1S/C20H20N2O3/c23-20(21-9-11-24-13-14-7-8-14)16-12-18(19-6-3-10-25-19)22-17-5-2-1-4-15(16)17/h1-6,10,12,14H,7-9,11,13H2,(H,21,23). The third kappa shape index (κ3) is 3.72. The monoisotopic (exact) mass is 336 g/mol. The molecular weight excluding hydrogens is 316 g/mol.